The molecule has 1 aliphatic heterocycles. The molecule has 2 fully saturated rings. The molecule has 2 heterocycles. The van der Waals surface area contributed by atoms with E-state index in [4.69, 9.17) is 0 Å². The molecule has 5 nitrogen and oxygen atoms in total. The summed E-state index contributed by atoms with van der Waals surface area (Å²) < 4.78 is 1.68. The fourth-order valence-electron chi connectivity index (χ4n) is 3.32. The number of fused-ring (bicyclic) bond motifs is 1. The maximum Gasteiger partial charge on any atom is 0.157 e. The zero-order valence-electron chi connectivity index (χ0n) is 10.8. The molecular formula is C13H20N4O. The molecule has 3 rings (SSSR count). The first-order valence-corrected chi connectivity index (χ1v) is 6.85. The average molecular weight is 248 g/mol. The largest absolute Gasteiger partial charge is 0.304 e. The summed E-state index contributed by atoms with van der Waals surface area (Å²) in [7, 11) is 1.83. The molecule has 1 saturated heterocycles. The van der Waals surface area contributed by atoms with Gasteiger partial charge in [-0.15, -0.1) is 0 Å². The molecule has 3 unspecified atom stereocenters. The number of rotatable bonds is 3. The highest BCUT2D eigenvalue weighted by atomic mass is 16.1. The normalized spacial score (nSPS) is 31.3. The van der Waals surface area contributed by atoms with Crippen LogP contribution in [0, 0.1) is 5.92 Å². The lowest BCUT2D eigenvalue weighted by atomic mass is 9.84. The minimum atomic E-state index is 0.0369. The lowest BCUT2D eigenvalue weighted by Crippen LogP contribution is -2.38. The van der Waals surface area contributed by atoms with Gasteiger partial charge < -0.3 is 5.32 Å². The Hall–Kier alpha value is -1.23. The SMILES string of the molecule is Cn1ncnc1CC(=O)C1CC2CCCCC2N1. The summed E-state index contributed by atoms with van der Waals surface area (Å²) in [5.74, 6) is 1.74. The molecule has 1 aliphatic carbocycles. The second-order valence-corrected chi connectivity index (χ2v) is 5.55. The van der Waals surface area contributed by atoms with Gasteiger partial charge in [0.25, 0.3) is 0 Å². The number of hydrogen-bond acceptors (Lipinski definition) is 4. The van der Waals surface area contributed by atoms with Crippen molar-refractivity contribution in [3.8, 4) is 0 Å². The lowest BCUT2D eigenvalue weighted by Gasteiger charge is -2.24. The van der Waals surface area contributed by atoms with Crippen LogP contribution in [0.3, 0.4) is 0 Å². The van der Waals surface area contributed by atoms with Crippen LogP contribution in [0.5, 0.6) is 0 Å². The van der Waals surface area contributed by atoms with Crippen LogP contribution in [0.25, 0.3) is 0 Å². The van der Waals surface area contributed by atoms with Crippen molar-refractivity contribution in [3.05, 3.63) is 12.2 Å². The number of ketones is 1. The summed E-state index contributed by atoms with van der Waals surface area (Å²) in [6.45, 7) is 0. The van der Waals surface area contributed by atoms with Gasteiger partial charge in [0.15, 0.2) is 5.78 Å². The Morgan fingerprint density at radius 2 is 2.33 bits per heavy atom. The number of Topliss-reactive ketones (excluding diaryl/α,β-unsaturated/α-hetero) is 1. The van der Waals surface area contributed by atoms with E-state index in [1.807, 2.05) is 7.05 Å². The molecule has 0 spiro atoms. The van der Waals surface area contributed by atoms with E-state index < -0.39 is 0 Å². The molecule has 5 heteroatoms. The highest BCUT2D eigenvalue weighted by Crippen LogP contribution is 2.33. The van der Waals surface area contributed by atoms with E-state index in [0.717, 1.165) is 12.2 Å². The van der Waals surface area contributed by atoms with Crippen LogP contribution >= 0.6 is 0 Å². The predicted molar refractivity (Wildman–Crippen MR) is 67.0 cm³/mol. The molecule has 0 amide bonds. The number of nitrogens with one attached hydrogen (secondary N) is 1. The van der Waals surface area contributed by atoms with Crippen LogP contribution in [-0.2, 0) is 18.3 Å². The smallest absolute Gasteiger partial charge is 0.157 e. The van der Waals surface area contributed by atoms with Crippen LogP contribution in [0.15, 0.2) is 6.33 Å². The van der Waals surface area contributed by atoms with Crippen molar-refractivity contribution < 1.29 is 4.79 Å². The first-order chi connectivity index (χ1) is 8.74. The van der Waals surface area contributed by atoms with Gasteiger partial charge in [-0.3, -0.25) is 9.48 Å². The van der Waals surface area contributed by atoms with Crippen LogP contribution in [-0.4, -0.2) is 32.6 Å². The maximum absolute atomic E-state index is 12.3. The van der Waals surface area contributed by atoms with E-state index in [1.54, 1.807) is 4.68 Å². The molecule has 1 aromatic heterocycles. The molecule has 2 aliphatic rings. The number of nitrogens with zero attached hydrogens (tertiary/aromatic N) is 3. The zero-order valence-corrected chi connectivity index (χ0v) is 10.8. The van der Waals surface area contributed by atoms with Crippen molar-refractivity contribution >= 4 is 5.78 Å². The van der Waals surface area contributed by atoms with Gasteiger partial charge in [0.2, 0.25) is 0 Å². The van der Waals surface area contributed by atoms with Gasteiger partial charge >= 0.3 is 0 Å². The number of aryl methyl sites for hydroxylation is 1. The van der Waals surface area contributed by atoms with E-state index in [1.165, 1.54) is 32.0 Å². The quantitative estimate of drug-likeness (QED) is 0.861. The Morgan fingerprint density at radius 1 is 1.50 bits per heavy atom. The standard InChI is InChI=1S/C13H20N4O/c1-17-13(14-8-15-17)7-12(18)11-6-9-4-2-3-5-10(9)16-11/h8-11,16H,2-7H2,1H3. The van der Waals surface area contributed by atoms with E-state index in [9.17, 15) is 4.79 Å². The monoisotopic (exact) mass is 248 g/mol. The third kappa shape index (κ3) is 2.19. The molecule has 1 saturated carbocycles. The Morgan fingerprint density at radius 3 is 3.06 bits per heavy atom. The fourth-order valence-corrected chi connectivity index (χ4v) is 3.32. The van der Waals surface area contributed by atoms with Gasteiger partial charge in [-0.05, 0) is 25.2 Å². The zero-order chi connectivity index (χ0) is 12.5. The van der Waals surface area contributed by atoms with E-state index in [-0.39, 0.29) is 11.8 Å². The summed E-state index contributed by atoms with van der Waals surface area (Å²) in [6, 6.07) is 0.613. The minimum Gasteiger partial charge on any atom is -0.304 e. The van der Waals surface area contributed by atoms with Crippen molar-refractivity contribution in [2.75, 3.05) is 0 Å². The summed E-state index contributed by atoms with van der Waals surface area (Å²) in [6.07, 6.45) is 8.06. The molecular weight excluding hydrogens is 228 g/mol. The van der Waals surface area contributed by atoms with Crippen LogP contribution in [0.2, 0.25) is 0 Å². The Balaban J connectivity index is 1.62. The molecule has 1 N–H and O–H groups in total. The Labute approximate surface area is 107 Å². The highest BCUT2D eigenvalue weighted by Gasteiger charge is 2.38. The summed E-state index contributed by atoms with van der Waals surface area (Å²) >= 11 is 0. The third-order valence-electron chi connectivity index (χ3n) is 4.39. The number of hydrogen-bond donors (Lipinski definition) is 1. The van der Waals surface area contributed by atoms with E-state index in [2.05, 4.69) is 15.4 Å². The summed E-state index contributed by atoms with van der Waals surface area (Å²) in [5, 5.41) is 7.52. The fraction of sp³-hybridized carbons (Fsp3) is 0.769. The van der Waals surface area contributed by atoms with Crippen molar-refractivity contribution in [2.24, 2.45) is 13.0 Å². The molecule has 1 aromatic rings. The van der Waals surface area contributed by atoms with E-state index in [0.29, 0.717) is 18.4 Å². The topological polar surface area (TPSA) is 59.8 Å². The maximum atomic E-state index is 12.3. The van der Waals surface area contributed by atoms with Gasteiger partial charge in [0.05, 0.1) is 12.5 Å². The number of carbonyl (C=O) groups excluding carboxylic acids is 1. The molecule has 98 valence electrons. The second-order valence-electron chi connectivity index (χ2n) is 5.55. The number of aromatic nitrogens is 3. The first kappa shape index (κ1) is 11.8. The van der Waals surface area contributed by atoms with Gasteiger partial charge in [-0.1, -0.05) is 12.8 Å². The molecule has 3 atom stereocenters. The van der Waals surface area contributed by atoms with Crippen molar-refractivity contribution in [2.45, 2.75) is 50.6 Å². The lowest BCUT2D eigenvalue weighted by molar-refractivity contribution is -0.120. The average Bonchev–Trinajstić information content (AvgIpc) is 2.96. The molecule has 0 aromatic carbocycles. The van der Waals surface area contributed by atoms with Gasteiger partial charge in [0, 0.05) is 13.1 Å². The second kappa shape index (κ2) is 4.80. The van der Waals surface area contributed by atoms with Crippen molar-refractivity contribution in [1.82, 2.24) is 20.1 Å². The van der Waals surface area contributed by atoms with Crippen LogP contribution < -0.4 is 5.32 Å². The van der Waals surface area contributed by atoms with Crippen LogP contribution in [0.1, 0.15) is 37.9 Å². The summed E-state index contributed by atoms with van der Waals surface area (Å²) in [4.78, 5) is 16.4. The van der Waals surface area contributed by atoms with Crippen LogP contribution in [0.4, 0.5) is 0 Å². The number of carbonyl (C=O) groups is 1. The molecule has 18 heavy (non-hydrogen) atoms. The third-order valence-corrected chi connectivity index (χ3v) is 4.39. The predicted octanol–water partition coefficient (Wildman–Crippen LogP) is 0.847. The summed E-state index contributed by atoms with van der Waals surface area (Å²) in [5.41, 5.74) is 0. The van der Waals surface area contributed by atoms with E-state index >= 15 is 0 Å². The molecule has 0 bridgehead atoms. The Kier molecular flexibility index (Phi) is 3.16. The molecule has 0 radical (unpaired) electrons. The van der Waals surface area contributed by atoms with Crippen molar-refractivity contribution in [1.29, 1.82) is 0 Å². The van der Waals surface area contributed by atoms with Gasteiger partial charge in [-0.2, -0.15) is 5.10 Å². The first-order valence-electron chi connectivity index (χ1n) is 6.85. The Bertz CT molecular complexity index is 428. The highest BCUT2D eigenvalue weighted by molar-refractivity contribution is 5.85. The minimum absolute atomic E-state index is 0.0369. The van der Waals surface area contributed by atoms with Crippen molar-refractivity contribution in [3.63, 3.8) is 0 Å². The van der Waals surface area contributed by atoms with Gasteiger partial charge in [-0.25, -0.2) is 4.98 Å². The van der Waals surface area contributed by atoms with Gasteiger partial charge in [0.1, 0.15) is 12.2 Å².